The number of ether oxygens (including phenoxy) is 2. The van der Waals surface area contributed by atoms with Crippen LogP contribution in [-0.4, -0.2) is 31.2 Å². The molecule has 0 spiro atoms. The maximum Gasteiger partial charge on any atom is 0.279 e. The van der Waals surface area contributed by atoms with Gasteiger partial charge in [-0.3, -0.25) is 9.59 Å². The van der Waals surface area contributed by atoms with Crippen LogP contribution in [0.4, 0.5) is 0 Å². The molecule has 1 heterocycles. The molecule has 1 saturated heterocycles. The summed E-state index contributed by atoms with van der Waals surface area (Å²) in [7, 11) is 3.02. The fraction of sp³-hybridized carbons (Fsp3) is 0.105. The van der Waals surface area contributed by atoms with E-state index >= 15 is 0 Å². The first-order chi connectivity index (χ1) is 13.0. The van der Waals surface area contributed by atoms with E-state index in [2.05, 4.69) is 10.3 Å². The number of nitrogens with zero attached hydrogens (tertiary/aromatic N) is 1. The standard InChI is InChI=1S/C19H15ClN2O4S/c1-25-14-10-15(26-2)13(20)8-12(14)9-16-18(24)22-19(27-16)21-17(23)11-6-4-3-5-7-11/h3-10H,1-2H3,(H,21,22,23,24)/b16-9-. The van der Waals surface area contributed by atoms with Crippen molar-refractivity contribution < 1.29 is 19.1 Å². The van der Waals surface area contributed by atoms with Crippen molar-refractivity contribution in [1.29, 1.82) is 0 Å². The molecule has 0 saturated carbocycles. The smallest absolute Gasteiger partial charge is 0.279 e. The van der Waals surface area contributed by atoms with E-state index in [4.69, 9.17) is 21.1 Å². The molecule has 2 aromatic rings. The van der Waals surface area contributed by atoms with Gasteiger partial charge in [0.15, 0.2) is 5.17 Å². The van der Waals surface area contributed by atoms with Crippen LogP contribution in [0, 0.1) is 0 Å². The number of thioether (sulfide) groups is 1. The molecule has 138 valence electrons. The van der Waals surface area contributed by atoms with Crippen LogP contribution in [-0.2, 0) is 4.79 Å². The Labute approximate surface area is 165 Å². The number of carbonyl (C=O) groups is 2. The van der Waals surface area contributed by atoms with Gasteiger partial charge in [-0.15, -0.1) is 0 Å². The molecule has 8 heteroatoms. The van der Waals surface area contributed by atoms with Crippen LogP contribution in [0.25, 0.3) is 6.08 Å². The number of aliphatic imine (C=N–C) groups is 1. The van der Waals surface area contributed by atoms with Gasteiger partial charge in [-0.25, -0.2) is 0 Å². The van der Waals surface area contributed by atoms with Gasteiger partial charge in [-0.2, -0.15) is 4.99 Å². The van der Waals surface area contributed by atoms with Crippen LogP contribution in [0.3, 0.4) is 0 Å². The van der Waals surface area contributed by atoms with Crippen LogP contribution < -0.4 is 14.8 Å². The Bertz CT molecular complexity index is 958. The largest absolute Gasteiger partial charge is 0.496 e. The second kappa shape index (κ2) is 8.28. The molecule has 1 N–H and O–H groups in total. The first-order valence-electron chi connectivity index (χ1n) is 7.82. The number of halogens is 1. The van der Waals surface area contributed by atoms with Crippen LogP contribution in [0.2, 0.25) is 5.02 Å². The summed E-state index contributed by atoms with van der Waals surface area (Å²) in [5, 5.41) is 3.20. The Morgan fingerprint density at radius 1 is 1.15 bits per heavy atom. The van der Waals surface area contributed by atoms with Crippen molar-refractivity contribution in [2.75, 3.05) is 14.2 Å². The number of rotatable bonds is 4. The van der Waals surface area contributed by atoms with Crippen LogP contribution in [0.15, 0.2) is 52.4 Å². The Kier molecular flexibility index (Phi) is 5.83. The van der Waals surface area contributed by atoms with Gasteiger partial charge in [-0.1, -0.05) is 29.8 Å². The lowest BCUT2D eigenvalue weighted by molar-refractivity contribution is -0.115. The van der Waals surface area contributed by atoms with Crippen molar-refractivity contribution in [2.24, 2.45) is 4.99 Å². The summed E-state index contributed by atoms with van der Waals surface area (Å²) in [5.74, 6) is 0.191. The highest BCUT2D eigenvalue weighted by atomic mass is 35.5. The topological polar surface area (TPSA) is 77.0 Å². The third-order valence-corrected chi connectivity index (χ3v) is 4.87. The Morgan fingerprint density at radius 3 is 2.52 bits per heavy atom. The van der Waals surface area contributed by atoms with E-state index in [9.17, 15) is 9.59 Å². The minimum absolute atomic E-state index is 0.221. The predicted molar refractivity (Wildman–Crippen MR) is 106 cm³/mol. The van der Waals surface area contributed by atoms with Gasteiger partial charge in [0.05, 0.1) is 24.1 Å². The summed E-state index contributed by atoms with van der Waals surface area (Å²) in [4.78, 5) is 28.7. The molecule has 2 aromatic carbocycles. The zero-order valence-corrected chi connectivity index (χ0v) is 16.1. The zero-order chi connectivity index (χ0) is 19.4. The average Bonchev–Trinajstić information content (AvgIpc) is 3.01. The van der Waals surface area contributed by atoms with Crippen LogP contribution >= 0.6 is 23.4 Å². The number of hydrogen-bond donors (Lipinski definition) is 1. The van der Waals surface area contributed by atoms with Crippen molar-refractivity contribution in [3.05, 3.63) is 63.5 Å². The minimum Gasteiger partial charge on any atom is -0.496 e. The molecule has 0 bridgehead atoms. The number of benzene rings is 2. The van der Waals surface area contributed by atoms with Gasteiger partial charge in [0.25, 0.3) is 11.8 Å². The lowest BCUT2D eigenvalue weighted by atomic mass is 10.1. The Morgan fingerprint density at radius 2 is 1.85 bits per heavy atom. The quantitative estimate of drug-likeness (QED) is 0.788. The van der Waals surface area contributed by atoms with E-state index in [1.807, 2.05) is 6.07 Å². The summed E-state index contributed by atoms with van der Waals surface area (Å²) in [6.45, 7) is 0. The SMILES string of the molecule is COc1cc(OC)c(/C=C2\SC(=NC(=O)c3ccccc3)NC2=O)cc1Cl. The number of carbonyl (C=O) groups excluding carboxylic acids is 2. The number of methoxy groups -OCH3 is 2. The summed E-state index contributed by atoms with van der Waals surface area (Å²) < 4.78 is 10.5. The number of amidine groups is 1. The first kappa shape index (κ1) is 19.0. The second-order valence-electron chi connectivity index (χ2n) is 5.38. The van der Waals surface area contributed by atoms with E-state index in [1.165, 1.54) is 14.2 Å². The third kappa shape index (κ3) is 4.32. The normalized spacial score (nSPS) is 16.5. The molecular formula is C19H15ClN2O4S. The molecule has 3 rings (SSSR count). The van der Waals surface area contributed by atoms with E-state index in [1.54, 1.807) is 42.5 Å². The van der Waals surface area contributed by atoms with Gasteiger partial charge in [0, 0.05) is 17.2 Å². The predicted octanol–water partition coefficient (Wildman–Crippen LogP) is 3.76. The van der Waals surface area contributed by atoms with Crippen LogP contribution in [0.1, 0.15) is 15.9 Å². The molecule has 0 aliphatic carbocycles. The number of amides is 2. The highest BCUT2D eigenvalue weighted by Gasteiger charge is 2.25. The average molecular weight is 403 g/mol. The van der Waals surface area contributed by atoms with Crippen molar-refractivity contribution in [2.45, 2.75) is 0 Å². The summed E-state index contributed by atoms with van der Waals surface area (Å²) >= 11 is 7.23. The van der Waals surface area contributed by atoms with Gasteiger partial charge >= 0.3 is 0 Å². The Hall–Kier alpha value is -2.77. The lowest BCUT2D eigenvalue weighted by Crippen LogP contribution is -2.20. The molecule has 0 radical (unpaired) electrons. The molecule has 0 aromatic heterocycles. The van der Waals surface area contributed by atoms with Gasteiger partial charge < -0.3 is 14.8 Å². The maximum absolute atomic E-state index is 12.2. The highest BCUT2D eigenvalue weighted by molar-refractivity contribution is 8.18. The van der Waals surface area contributed by atoms with Crippen molar-refractivity contribution >= 4 is 46.4 Å². The molecule has 6 nitrogen and oxygen atoms in total. The monoisotopic (exact) mass is 402 g/mol. The second-order valence-corrected chi connectivity index (χ2v) is 6.82. The highest BCUT2D eigenvalue weighted by Crippen LogP contribution is 2.35. The molecule has 0 unspecified atom stereocenters. The molecule has 2 amide bonds. The van der Waals surface area contributed by atoms with Gasteiger partial charge in [-0.05, 0) is 36.0 Å². The third-order valence-electron chi connectivity index (χ3n) is 3.67. The van der Waals surface area contributed by atoms with Gasteiger partial charge in [0.2, 0.25) is 0 Å². The molecule has 27 heavy (non-hydrogen) atoms. The van der Waals surface area contributed by atoms with E-state index < -0.39 is 5.91 Å². The first-order valence-corrected chi connectivity index (χ1v) is 9.01. The van der Waals surface area contributed by atoms with Crippen molar-refractivity contribution in [3.63, 3.8) is 0 Å². The molecular weight excluding hydrogens is 388 g/mol. The zero-order valence-electron chi connectivity index (χ0n) is 14.5. The Balaban J connectivity index is 1.87. The summed E-state index contributed by atoms with van der Waals surface area (Å²) in [6.07, 6.45) is 1.62. The van der Waals surface area contributed by atoms with E-state index in [0.29, 0.717) is 32.6 Å². The molecule has 1 aliphatic rings. The van der Waals surface area contributed by atoms with Crippen molar-refractivity contribution in [3.8, 4) is 11.5 Å². The summed E-state index contributed by atoms with van der Waals surface area (Å²) in [5.41, 5.74) is 1.05. The van der Waals surface area contributed by atoms with Gasteiger partial charge in [0.1, 0.15) is 11.5 Å². The van der Waals surface area contributed by atoms with E-state index in [-0.39, 0.29) is 11.1 Å². The molecule has 1 fully saturated rings. The van der Waals surface area contributed by atoms with E-state index in [0.717, 1.165) is 11.8 Å². The van der Waals surface area contributed by atoms with Crippen molar-refractivity contribution in [1.82, 2.24) is 5.32 Å². The fourth-order valence-electron chi connectivity index (χ4n) is 2.36. The minimum atomic E-state index is -0.426. The van der Waals surface area contributed by atoms with Crippen LogP contribution in [0.5, 0.6) is 11.5 Å². The number of hydrogen-bond acceptors (Lipinski definition) is 5. The fourth-order valence-corrected chi connectivity index (χ4v) is 3.41. The summed E-state index contributed by atoms with van der Waals surface area (Å²) in [6, 6.07) is 11.9. The lowest BCUT2D eigenvalue weighted by Gasteiger charge is -2.09. The maximum atomic E-state index is 12.2. The molecule has 0 atom stereocenters. The molecule has 1 aliphatic heterocycles. The number of nitrogens with one attached hydrogen (secondary N) is 1.